The zero-order chi connectivity index (χ0) is 41.5. The molecule has 5 aromatic carbocycles. The summed E-state index contributed by atoms with van der Waals surface area (Å²) in [6.07, 6.45) is 8.09. The molecule has 0 N–H and O–H groups in total. The lowest BCUT2D eigenvalue weighted by Gasteiger charge is -2.29. The number of hydrogen-bond acceptors (Lipinski definition) is 4. The molecule has 298 valence electrons. The van der Waals surface area contributed by atoms with Crippen LogP contribution in [-0.2, 0) is 22.7 Å². The van der Waals surface area contributed by atoms with Crippen molar-refractivity contribution in [1.29, 1.82) is 0 Å². The maximum Gasteiger partial charge on any atom is 0.165 e. The van der Waals surface area contributed by atoms with E-state index in [2.05, 4.69) is 184 Å². The Hall–Kier alpha value is -5.74. The Balaban J connectivity index is 1.17. The third kappa shape index (κ3) is 8.02. The topological polar surface area (TPSA) is 51.6 Å². The molecule has 0 radical (unpaired) electrons. The van der Waals surface area contributed by atoms with Gasteiger partial charge in [0.2, 0.25) is 0 Å². The molecule has 4 heteroatoms. The monoisotopic (exact) mass is 774 g/mol. The number of aromatic nitrogens is 4. The van der Waals surface area contributed by atoms with Crippen molar-refractivity contribution in [2.24, 2.45) is 0 Å². The molecule has 59 heavy (non-hydrogen) atoms. The molecule has 8 rings (SSSR count). The molecule has 0 aliphatic heterocycles. The number of hydrogen-bond donors (Lipinski definition) is 0. The molecule has 4 nitrogen and oxygen atoms in total. The van der Waals surface area contributed by atoms with Gasteiger partial charge in [-0.15, -0.1) is 0 Å². The van der Waals surface area contributed by atoms with E-state index in [0.717, 1.165) is 34.4 Å². The first-order chi connectivity index (χ1) is 28.2. The van der Waals surface area contributed by atoms with Crippen LogP contribution < -0.4 is 0 Å². The van der Waals surface area contributed by atoms with Crippen molar-refractivity contribution < 1.29 is 0 Å². The first kappa shape index (κ1) is 40.1. The fourth-order valence-corrected chi connectivity index (χ4v) is 8.71. The first-order valence-electron chi connectivity index (χ1n) is 21.5. The molecule has 1 aliphatic carbocycles. The first-order valence-corrected chi connectivity index (χ1v) is 21.5. The van der Waals surface area contributed by atoms with Gasteiger partial charge in [0.1, 0.15) is 0 Å². The van der Waals surface area contributed by atoms with Crippen LogP contribution in [0.25, 0.3) is 56.5 Å². The summed E-state index contributed by atoms with van der Waals surface area (Å²) >= 11 is 0. The normalized spacial score (nSPS) is 14.9. The average Bonchev–Trinajstić information content (AvgIpc) is 3.49. The van der Waals surface area contributed by atoms with E-state index in [9.17, 15) is 0 Å². The minimum Gasteiger partial charge on any atom is -0.255 e. The molecule has 1 unspecified atom stereocenters. The van der Waals surface area contributed by atoms with Crippen molar-refractivity contribution in [3.05, 3.63) is 166 Å². The van der Waals surface area contributed by atoms with Crippen LogP contribution in [0.1, 0.15) is 120 Å². The molecule has 0 spiro atoms. The van der Waals surface area contributed by atoms with E-state index in [4.69, 9.17) is 19.9 Å². The maximum absolute atomic E-state index is 5.08. The Morgan fingerprint density at radius 3 is 1.66 bits per heavy atom. The Morgan fingerprint density at radius 2 is 1.08 bits per heavy atom. The molecule has 2 heterocycles. The van der Waals surface area contributed by atoms with Crippen molar-refractivity contribution in [3.63, 3.8) is 0 Å². The molecule has 0 fully saturated rings. The van der Waals surface area contributed by atoms with Gasteiger partial charge in [-0.3, -0.25) is 4.98 Å². The second kappa shape index (κ2) is 15.8. The van der Waals surface area contributed by atoms with E-state index in [1.54, 1.807) is 0 Å². The van der Waals surface area contributed by atoms with Gasteiger partial charge in [-0.2, -0.15) is 0 Å². The highest BCUT2D eigenvalue weighted by Crippen LogP contribution is 2.53. The highest BCUT2D eigenvalue weighted by molar-refractivity contribution is 5.85. The Labute approximate surface area is 352 Å². The predicted molar refractivity (Wildman–Crippen MR) is 247 cm³/mol. The third-order valence-corrected chi connectivity index (χ3v) is 12.3. The smallest absolute Gasteiger partial charge is 0.165 e. The van der Waals surface area contributed by atoms with E-state index >= 15 is 0 Å². The number of rotatable bonds is 10. The number of aryl methyl sites for hydroxylation is 2. The van der Waals surface area contributed by atoms with Gasteiger partial charge in [0.05, 0.1) is 5.69 Å². The zero-order valence-electron chi connectivity index (χ0n) is 36.4. The fourth-order valence-electron chi connectivity index (χ4n) is 8.71. The lowest BCUT2D eigenvalue weighted by molar-refractivity contribution is 0.590. The van der Waals surface area contributed by atoms with Crippen molar-refractivity contribution >= 4 is 0 Å². The predicted octanol–water partition coefficient (Wildman–Crippen LogP) is 14.3. The molecule has 0 amide bonds. The largest absolute Gasteiger partial charge is 0.255 e. The summed E-state index contributed by atoms with van der Waals surface area (Å²) in [4.78, 5) is 20.2. The molecule has 7 aromatic rings. The number of nitrogens with zero attached hydrogens (tertiary/aromatic N) is 4. The van der Waals surface area contributed by atoms with Crippen LogP contribution in [0.15, 0.2) is 128 Å². The van der Waals surface area contributed by atoms with E-state index < -0.39 is 0 Å². The van der Waals surface area contributed by atoms with E-state index in [1.807, 2.05) is 6.20 Å². The summed E-state index contributed by atoms with van der Waals surface area (Å²) in [6.45, 7) is 20.3. The van der Waals surface area contributed by atoms with Gasteiger partial charge < -0.3 is 0 Å². The number of benzene rings is 5. The number of pyridine rings is 1. The highest BCUT2D eigenvalue weighted by atomic mass is 15.0. The van der Waals surface area contributed by atoms with E-state index in [0.29, 0.717) is 17.5 Å². The summed E-state index contributed by atoms with van der Waals surface area (Å²) < 4.78 is 0. The van der Waals surface area contributed by atoms with Gasteiger partial charge in [-0.25, -0.2) is 15.0 Å². The Bertz CT molecular complexity index is 2530. The zero-order valence-corrected chi connectivity index (χ0v) is 36.4. The van der Waals surface area contributed by atoms with Crippen molar-refractivity contribution in [2.75, 3.05) is 0 Å². The quantitative estimate of drug-likeness (QED) is 0.130. The molecular formula is C55H58N4. The van der Waals surface area contributed by atoms with Crippen molar-refractivity contribution in [1.82, 2.24) is 19.9 Å². The van der Waals surface area contributed by atoms with Crippen LogP contribution in [0.5, 0.6) is 0 Å². The minimum atomic E-state index is -0.292. The lowest BCUT2D eigenvalue weighted by Crippen LogP contribution is -2.23. The molecule has 1 atom stereocenters. The molecule has 1 aliphatic rings. The maximum atomic E-state index is 5.08. The Morgan fingerprint density at radius 1 is 0.525 bits per heavy atom. The SMILES string of the molecule is CCCCCCc1cc(C)cc(C2(C)c3ccccc3-c3ccc(-c4ccc(-c5nc(-c6ccc(C(C)(C)C)cc6)nc(-c6ccc(C(C)(C)C)cc6)n5)cn4)cc32)c1. The summed E-state index contributed by atoms with van der Waals surface area (Å²) in [5, 5.41) is 0. The van der Waals surface area contributed by atoms with Crippen LogP contribution >= 0.6 is 0 Å². The van der Waals surface area contributed by atoms with Crippen LogP contribution in [0.2, 0.25) is 0 Å². The summed E-state index contributed by atoms with van der Waals surface area (Å²) in [5.41, 5.74) is 16.5. The summed E-state index contributed by atoms with van der Waals surface area (Å²) in [5.74, 6) is 1.89. The van der Waals surface area contributed by atoms with E-state index in [1.165, 1.54) is 75.8 Å². The molecule has 0 bridgehead atoms. The van der Waals surface area contributed by atoms with Crippen LogP contribution in [0, 0.1) is 6.92 Å². The summed E-state index contributed by atoms with van der Waals surface area (Å²) in [6, 6.07) is 44.5. The second-order valence-corrected chi connectivity index (χ2v) is 18.8. The average molecular weight is 775 g/mol. The van der Waals surface area contributed by atoms with Gasteiger partial charge in [-0.05, 0) is 100 Å². The highest BCUT2D eigenvalue weighted by Gasteiger charge is 2.41. The van der Waals surface area contributed by atoms with Gasteiger partial charge in [0.15, 0.2) is 17.5 Å². The fraction of sp³-hybridized carbons (Fsp3) is 0.309. The number of unbranched alkanes of at least 4 members (excludes halogenated alkanes) is 3. The van der Waals surface area contributed by atoms with Crippen molar-refractivity contribution in [3.8, 4) is 56.5 Å². The standard InChI is InChI=1S/C55H58N4/c1-10-11-12-13-16-37-31-36(2)32-44(33-37)55(9)47-18-15-14-17-45(47)46-29-23-40(34-48(46)55)49-30-24-41(35-56-49)52-58-50(38-19-25-42(26-20-38)53(3,4)5)57-51(59-52)39-21-27-43(28-22-39)54(6,7)8/h14-15,17-35H,10-13,16H2,1-9H3. The molecule has 0 saturated carbocycles. The van der Waals surface area contributed by atoms with Gasteiger partial charge >= 0.3 is 0 Å². The number of fused-ring (bicyclic) bond motifs is 3. The van der Waals surface area contributed by atoms with Gasteiger partial charge in [0, 0.05) is 33.9 Å². The van der Waals surface area contributed by atoms with Gasteiger partial charge in [-0.1, -0.05) is 176 Å². The van der Waals surface area contributed by atoms with Crippen molar-refractivity contribution in [2.45, 2.75) is 111 Å². The lowest BCUT2D eigenvalue weighted by atomic mass is 9.73. The van der Waals surface area contributed by atoms with Crippen LogP contribution in [0.3, 0.4) is 0 Å². The van der Waals surface area contributed by atoms with Crippen LogP contribution in [-0.4, -0.2) is 19.9 Å². The minimum absolute atomic E-state index is 0.0509. The third-order valence-electron chi connectivity index (χ3n) is 12.3. The van der Waals surface area contributed by atoms with Crippen LogP contribution in [0.4, 0.5) is 0 Å². The molecule has 0 saturated heterocycles. The molecule has 2 aromatic heterocycles. The summed E-state index contributed by atoms with van der Waals surface area (Å²) in [7, 11) is 0. The van der Waals surface area contributed by atoms with E-state index in [-0.39, 0.29) is 16.2 Å². The Kier molecular flexibility index (Phi) is 10.7. The molecular weight excluding hydrogens is 717 g/mol. The second-order valence-electron chi connectivity index (χ2n) is 18.8. The van der Waals surface area contributed by atoms with Gasteiger partial charge in [0.25, 0.3) is 0 Å².